The lowest BCUT2D eigenvalue weighted by atomic mass is 10.1. The zero-order valence-corrected chi connectivity index (χ0v) is 14.6. The summed E-state index contributed by atoms with van der Waals surface area (Å²) in [6, 6.07) is 12.2. The summed E-state index contributed by atoms with van der Waals surface area (Å²) in [5, 5.41) is 2.67. The van der Waals surface area contributed by atoms with Crippen molar-refractivity contribution in [1.82, 2.24) is 0 Å². The van der Waals surface area contributed by atoms with Gasteiger partial charge in [-0.3, -0.25) is 9.52 Å². The van der Waals surface area contributed by atoms with Crippen LogP contribution in [0.4, 0.5) is 11.4 Å². The standard InChI is InChI=1S/C17H20N2O4S/c1-12-7-13(2)9-16(8-12)23-11-17(20)18-14-5-4-6-15(10-14)19-24(3,21)22/h4-10,19H,11H2,1-3H3,(H,18,20). The van der Waals surface area contributed by atoms with E-state index in [0.29, 0.717) is 17.1 Å². The second-order valence-corrected chi connectivity index (χ2v) is 7.36. The Morgan fingerprint density at radius 2 is 1.67 bits per heavy atom. The average molecular weight is 348 g/mol. The minimum atomic E-state index is -3.36. The predicted octanol–water partition coefficient (Wildman–Crippen LogP) is 2.69. The highest BCUT2D eigenvalue weighted by Crippen LogP contribution is 2.17. The lowest BCUT2D eigenvalue weighted by Gasteiger charge is -2.10. The van der Waals surface area contributed by atoms with Crippen LogP contribution in [0.5, 0.6) is 5.75 Å². The van der Waals surface area contributed by atoms with E-state index < -0.39 is 10.0 Å². The molecule has 0 aromatic heterocycles. The van der Waals surface area contributed by atoms with Crippen molar-refractivity contribution in [1.29, 1.82) is 0 Å². The zero-order chi connectivity index (χ0) is 17.7. The Balaban J connectivity index is 1.96. The van der Waals surface area contributed by atoms with Gasteiger partial charge in [-0.15, -0.1) is 0 Å². The van der Waals surface area contributed by atoms with E-state index in [1.807, 2.05) is 32.0 Å². The van der Waals surface area contributed by atoms with E-state index in [9.17, 15) is 13.2 Å². The van der Waals surface area contributed by atoms with E-state index in [-0.39, 0.29) is 12.5 Å². The molecule has 2 aromatic carbocycles. The molecule has 0 heterocycles. The van der Waals surface area contributed by atoms with Crippen LogP contribution in [0.1, 0.15) is 11.1 Å². The topological polar surface area (TPSA) is 84.5 Å². The molecule has 0 fully saturated rings. The van der Waals surface area contributed by atoms with Crippen LogP contribution in [0, 0.1) is 13.8 Å². The van der Waals surface area contributed by atoms with Gasteiger partial charge in [0.05, 0.1) is 11.9 Å². The molecule has 0 unspecified atom stereocenters. The fraction of sp³-hybridized carbons (Fsp3) is 0.235. The van der Waals surface area contributed by atoms with Gasteiger partial charge >= 0.3 is 0 Å². The Bertz CT molecular complexity index is 827. The van der Waals surface area contributed by atoms with E-state index >= 15 is 0 Å². The number of hydrogen-bond acceptors (Lipinski definition) is 4. The highest BCUT2D eigenvalue weighted by atomic mass is 32.2. The molecule has 0 radical (unpaired) electrons. The number of benzene rings is 2. The van der Waals surface area contributed by atoms with Gasteiger partial charge in [0.1, 0.15) is 5.75 Å². The maximum Gasteiger partial charge on any atom is 0.262 e. The maximum absolute atomic E-state index is 12.0. The number of carbonyl (C=O) groups is 1. The lowest BCUT2D eigenvalue weighted by Crippen LogP contribution is -2.20. The van der Waals surface area contributed by atoms with Crippen molar-refractivity contribution in [3.8, 4) is 5.75 Å². The number of ether oxygens (including phenoxy) is 1. The highest BCUT2D eigenvalue weighted by molar-refractivity contribution is 7.92. The first-order chi connectivity index (χ1) is 11.2. The van der Waals surface area contributed by atoms with Gasteiger partial charge in [-0.2, -0.15) is 0 Å². The normalized spacial score (nSPS) is 11.0. The first kappa shape index (κ1) is 17.8. The van der Waals surface area contributed by atoms with Crippen LogP contribution in [0.25, 0.3) is 0 Å². The van der Waals surface area contributed by atoms with Crippen molar-refractivity contribution in [3.05, 3.63) is 53.6 Å². The van der Waals surface area contributed by atoms with Crippen molar-refractivity contribution in [2.45, 2.75) is 13.8 Å². The molecule has 2 aromatic rings. The Morgan fingerprint density at radius 3 is 2.29 bits per heavy atom. The van der Waals surface area contributed by atoms with Gasteiger partial charge in [0, 0.05) is 5.69 Å². The van der Waals surface area contributed by atoms with Crippen molar-refractivity contribution < 1.29 is 17.9 Å². The van der Waals surface area contributed by atoms with Crippen LogP contribution >= 0.6 is 0 Å². The molecule has 1 amide bonds. The first-order valence-electron chi connectivity index (χ1n) is 7.30. The molecule has 0 saturated carbocycles. The Hall–Kier alpha value is -2.54. The molecule has 6 nitrogen and oxygen atoms in total. The number of anilines is 2. The number of rotatable bonds is 6. The molecule has 0 aliphatic heterocycles. The molecule has 24 heavy (non-hydrogen) atoms. The van der Waals surface area contributed by atoms with Gasteiger partial charge in [0.2, 0.25) is 10.0 Å². The quantitative estimate of drug-likeness (QED) is 0.840. The number of hydrogen-bond donors (Lipinski definition) is 2. The first-order valence-corrected chi connectivity index (χ1v) is 9.19. The fourth-order valence-corrected chi connectivity index (χ4v) is 2.79. The molecule has 0 spiro atoms. The number of amides is 1. The number of carbonyl (C=O) groups excluding carboxylic acids is 1. The third kappa shape index (κ3) is 5.92. The molecule has 0 aliphatic rings. The molecule has 128 valence electrons. The van der Waals surface area contributed by atoms with E-state index in [2.05, 4.69) is 10.0 Å². The number of aryl methyl sites for hydroxylation is 2. The molecular weight excluding hydrogens is 328 g/mol. The van der Waals surface area contributed by atoms with Crippen molar-refractivity contribution in [2.75, 3.05) is 22.9 Å². The maximum atomic E-state index is 12.0. The third-order valence-corrected chi connectivity index (χ3v) is 3.62. The van der Waals surface area contributed by atoms with Gasteiger partial charge in [-0.25, -0.2) is 8.42 Å². The van der Waals surface area contributed by atoms with Crippen LogP contribution in [0.2, 0.25) is 0 Å². The van der Waals surface area contributed by atoms with E-state index in [4.69, 9.17) is 4.74 Å². The SMILES string of the molecule is Cc1cc(C)cc(OCC(=O)Nc2cccc(NS(C)(=O)=O)c2)c1. The van der Waals surface area contributed by atoms with Crippen LogP contribution < -0.4 is 14.8 Å². The second kappa shape index (κ2) is 7.35. The molecular formula is C17H20N2O4S. The Labute approximate surface area is 141 Å². The summed E-state index contributed by atoms with van der Waals surface area (Å²) >= 11 is 0. The second-order valence-electron chi connectivity index (χ2n) is 5.62. The van der Waals surface area contributed by atoms with Crippen LogP contribution in [0.3, 0.4) is 0 Å². The molecule has 0 atom stereocenters. The number of nitrogens with one attached hydrogen (secondary N) is 2. The summed E-state index contributed by atoms with van der Waals surface area (Å²) < 4.78 is 30.3. The van der Waals surface area contributed by atoms with E-state index in [1.165, 1.54) is 6.07 Å². The van der Waals surface area contributed by atoms with Crippen LogP contribution in [-0.4, -0.2) is 27.2 Å². The van der Waals surface area contributed by atoms with Gasteiger partial charge in [-0.05, 0) is 55.3 Å². The average Bonchev–Trinajstić information content (AvgIpc) is 2.42. The highest BCUT2D eigenvalue weighted by Gasteiger charge is 2.07. The monoisotopic (exact) mass is 348 g/mol. The minimum Gasteiger partial charge on any atom is -0.484 e. The molecule has 2 rings (SSSR count). The molecule has 2 N–H and O–H groups in total. The predicted molar refractivity (Wildman–Crippen MR) is 94.9 cm³/mol. The smallest absolute Gasteiger partial charge is 0.262 e. The van der Waals surface area contributed by atoms with Crippen LogP contribution in [-0.2, 0) is 14.8 Å². The van der Waals surface area contributed by atoms with Gasteiger partial charge in [0.15, 0.2) is 6.61 Å². The summed E-state index contributed by atoms with van der Waals surface area (Å²) in [4.78, 5) is 12.0. The van der Waals surface area contributed by atoms with Crippen molar-refractivity contribution >= 4 is 27.3 Å². The summed E-state index contributed by atoms with van der Waals surface area (Å²) in [6.45, 7) is 3.78. The summed E-state index contributed by atoms with van der Waals surface area (Å²) in [6.07, 6.45) is 1.07. The number of sulfonamides is 1. The molecule has 0 bridgehead atoms. The summed E-state index contributed by atoms with van der Waals surface area (Å²) in [7, 11) is -3.36. The van der Waals surface area contributed by atoms with Gasteiger partial charge in [-0.1, -0.05) is 12.1 Å². The minimum absolute atomic E-state index is 0.132. The summed E-state index contributed by atoms with van der Waals surface area (Å²) in [5.41, 5.74) is 2.98. The van der Waals surface area contributed by atoms with E-state index in [1.54, 1.807) is 18.2 Å². The summed E-state index contributed by atoms with van der Waals surface area (Å²) in [5.74, 6) is 0.306. The van der Waals surface area contributed by atoms with Gasteiger partial charge in [0.25, 0.3) is 5.91 Å². The largest absolute Gasteiger partial charge is 0.484 e. The zero-order valence-electron chi connectivity index (χ0n) is 13.8. The Morgan fingerprint density at radius 1 is 1.04 bits per heavy atom. The van der Waals surface area contributed by atoms with Crippen molar-refractivity contribution in [2.24, 2.45) is 0 Å². The Kier molecular flexibility index (Phi) is 5.46. The van der Waals surface area contributed by atoms with Crippen molar-refractivity contribution in [3.63, 3.8) is 0 Å². The fourth-order valence-electron chi connectivity index (χ4n) is 2.24. The molecule has 0 aliphatic carbocycles. The van der Waals surface area contributed by atoms with Gasteiger partial charge < -0.3 is 10.1 Å². The lowest BCUT2D eigenvalue weighted by molar-refractivity contribution is -0.118. The van der Waals surface area contributed by atoms with E-state index in [0.717, 1.165) is 17.4 Å². The third-order valence-electron chi connectivity index (χ3n) is 3.01. The molecule has 0 saturated heterocycles. The van der Waals surface area contributed by atoms with Crippen LogP contribution in [0.15, 0.2) is 42.5 Å². The molecule has 7 heteroatoms.